The highest BCUT2D eigenvalue weighted by Gasteiger charge is 2.33. The SMILES string of the molecule is COC(=O)c1cc(I)nc(OC(F)(F)F)c1C. The van der Waals surface area contributed by atoms with Gasteiger partial charge in [-0.2, -0.15) is 0 Å². The van der Waals surface area contributed by atoms with Gasteiger partial charge in [0.1, 0.15) is 3.70 Å². The maximum absolute atomic E-state index is 12.1. The molecule has 0 aliphatic heterocycles. The van der Waals surface area contributed by atoms with Crippen LogP contribution in [0, 0.1) is 10.6 Å². The van der Waals surface area contributed by atoms with E-state index in [2.05, 4.69) is 14.5 Å². The first-order chi connectivity index (χ1) is 7.74. The molecular weight excluding hydrogens is 354 g/mol. The Bertz CT molecular complexity index is 448. The zero-order chi connectivity index (χ0) is 13.2. The second-order valence-corrected chi connectivity index (χ2v) is 4.07. The van der Waals surface area contributed by atoms with Gasteiger partial charge in [-0.05, 0) is 35.6 Å². The van der Waals surface area contributed by atoms with E-state index in [0.717, 1.165) is 7.11 Å². The van der Waals surface area contributed by atoms with Gasteiger partial charge >= 0.3 is 12.3 Å². The summed E-state index contributed by atoms with van der Waals surface area (Å²) in [7, 11) is 1.14. The van der Waals surface area contributed by atoms with Crippen LogP contribution in [0.3, 0.4) is 0 Å². The molecule has 1 rings (SSSR count). The Morgan fingerprint density at radius 3 is 2.53 bits per heavy atom. The van der Waals surface area contributed by atoms with E-state index in [9.17, 15) is 18.0 Å². The van der Waals surface area contributed by atoms with Gasteiger partial charge in [-0.3, -0.25) is 0 Å². The van der Waals surface area contributed by atoms with Crippen LogP contribution < -0.4 is 4.74 Å². The van der Waals surface area contributed by atoms with Crippen molar-refractivity contribution in [1.29, 1.82) is 0 Å². The van der Waals surface area contributed by atoms with E-state index < -0.39 is 18.2 Å². The number of nitrogens with zero attached hydrogens (tertiary/aromatic N) is 1. The number of esters is 1. The number of carbonyl (C=O) groups excluding carboxylic acids is 1. The molecule has 0 aliphatic rings. The maximum Gasteiger partial charge on any atom is 0.574 e. The van der Waals surface area contributed by atoms with Gasteiger partial charge in [0.15, 0.2) is 0 Å². The summed E-state index contributed by atoms with van der Waals surface area (Å²) in [4.78, 5) is 14.9. The van der Waals surface area contributed by atoms with Gasteiger partial charge in [-0.25, -0.2) is 9.78 Å². The van der Waals surface area contributed by atoms with Crippen molar-refractivity contribution in [2.75, 3.05) is 7.11 Å². The molecule has 17 heavy (non-hydrogen) atoms. The number of alkyl halides is 3. The topological polar surface area (TPSA) is 48.4 Å². The van der Waals surface area contributed by atoms with Crippen LogP contribution in [0.4, 0.5) is 13.2 Å². The molecule has 0 aliphatic carbocycles. The van der Waals surface area contributed by atoms with Crippen molar-refractivity contribution in [1.82, 2.24) is 4.98 Å². The molecular formula is C9H7F3INO3. The normalized spacial score (nSPS) is 11.2. The third kappa shape index (κ3) is 3.72. The number of carbonyl (C=O) groups is 1. The second-order valence-electron chi connectivity index (χ2n) is 2.96. The fraction of sp³-hybridized carbons (Fsp3) is 0.333. The summed E-state index contributed by atoms with van der Waals surface area (Å²) in [5, 5.41) is 0. The van der Waals surface area contributed by atoms with Crippen molar-refractivity contribution < 1.29 is 27.4 Å². The van der Waals surface area contributed by atoms with Crippen LogP contribution in [0.15, 0.2) is 6.07 Å². The van der Waals surface area contributed by atoms with Crippen molar-refractivity contribution in [3.63, 3.8) is 0 Å². The van der Waals surface area contributed by atoms with Crippen LogP contribution in [-0.2, 0) is 4.74 Å². The third-order valence-corrected chi connectivity index (χ3v) is 2.37. The van der Waals surface area contributed by atoms with Crippen LogP contribution in [0.5, 0.6) is 5.88 Å². The van der Waals surface area contributed by atoms with Gasteiger partial charge in [-0.1, -0.05) is 0 Å². The highest BCUT2D eigenvalue weighted by molar-refractivity contribution is 14.1. The minimum atomic E-state index is -4.85. The molecule has 0 saturated carbocycles. The molecule has 4 nitrogen and oxygen atoms in total. The third-order valence-electron chi connectivity index (χ3n) is 1.81. The molecule has 0 amide bonds. The van der Waals surface area contributed by atoms with E-state index in [1.807, 2.05) is 0 Å². The Morgan fingerprint density at radius 1 is 1.47 bits per heavy atom. The van der Waals surface area contributed by atoms with Crippen molar-refractivity contribution in [2.24, 2.45) is 0 Å². The van der Waals surface area contributed by atoms with Crippen LogP contribution in [0.2, 0.25) is 0 Å². The molecule has 0 spiro atoms. The lowest BCUT2D eigenvalue weighted by Crippen LogP contribution is -2.20. The number of hydrogen-bond donors (Lipinski definition) is 0. The molecule has 0 radical (unpaired) electrons. The molecule has 0 atom stereocenters. The fourth-order valence-corrected chi connectivity index (χ4v) is 1.62. The summed E-state index contributed by atoms with van der Waals surface area (Å²) in [5.41, 5.74) is -0.0271. The van der Waals surface area contributed by atoms with E-state index in [0.29, 0.717) is 0 Å². The molecule has 0 bridgehead atoms. The van der Waals surface area contributed by atoms with Crippen molar-refractivity contribution in [3.05, 3.63) is 20.9 Å². The minimum absolute atomic E-state index is 0.00819. The maximum atomic E-state index is 12.1. The van der Waals surface area contributed by atoms with E-state index in [1.165, 1.54) is 13.0 Å². The zero-order valence-electron chi connectivity index (χ0n) is 8.76. The number of rotatable bonds is 2. The summed E-state index contributed by atoms with van der Waals surface area (Å²) in [6.45, 7) is 1.30. The van der Waals surface area contributed by atoms with Crippen LogP contribution in [-0.4, -0.2) is 24.4 Å². The Hall–Kier alpha value is -1.06. The molecule has 0 unspecified atom stereocenters. The molecule has 8 heteroatoms. The molecule has 1 aromatic rings. The minimum Gasteiger partial charge on any atom is -0.465 e. The van der Waals surface area contributed by atoms with Gasteiger partial charge in [-0.15, -0.1) is 13.2 Å². The van der Waals surface area contributed by atoms with Gasteiger partial charge < -0.3 is 9.47 Å². The zero-order valence-corrected chi connectivity index (χ0v) is 10.9. The smallest absolute Gasteiger partial charge is 0.465 e. The van der Waals surface area contributed by atoms with Gasteiger partial charge in [0.25, 0.3) is 0 Å². The lowest BCUT2D eigenvalue weighted by Gasteiger charge is -2.12. The average Bonchev–Trinajstić information content (AvgIpc) is 2.19. The summed E-state index contributed by atoms with van der Waals surface area (Å²) in [6.07, 6.45) is -4.85. The largest absolute Gasteiger partial charge is 0.574 e. The summed E-state index contributed by atoms with van der Waals surface area (Å²) < 4.78 is 44.6. The van der Waals surface area contributed by atoms with E-state index >= 15 is 0 Å². The van der Waals surface area contributed by atoms with Gasteiger partial charge in [0.05, 0.1) is 12.7 Å². The quantitative estimate of drug-likeness (QED) is 0.462. The molecule has 1 aromatic heterocycles. The second kappa shape index (κ2) is 5.07. The van der Waals surface area contributed by atoms with E-state index in [-0.39, 0.29) is 14.8 Å². The lowest BCUT2D eigenvalue weighted by molar-refractivity contribution is -0.276. The summed E-state index contributed by atoms with van der Waals surface area (Å²) in [5.74, 6) is -1.39. The molecule has 0 fully saturated rings. The van der Waals surface area contributed by atoms with Crippen molar-refractivity contribution in [2.45, 2.75) is 13.3 Å². The number of pyridine rings is 1. The highest BCUT2D eigenvalue weighted by Crippen LogP contribution is 2.27. The number of ether oxygens (including phenoxy) is 2. The molecule has 0 saturated heterocycles. The first kappa shape index (κ1) is 14.0. The van der Waals surface area contributed by atoms with E-state index in [4.69, 9.17) is 0 Å². The average molecular weight is 361 g/mol. The van der Waals surface area contributed by atoms with Crippen molar-refractivity contribution in [3.8, 4) is 5.88 Å². The van der Waals surface area contributed by atoms with Gasteiger partial charge in [0, 0.05) is 5.56 Å². The Morgan fingerprint density at radius 2 is 2.06 bits per heavy atom. The monoisotopic (exact) mass is 361 g/mol. The molecule has 94 valence electrons. The molecule has 0 aromatic carbocycles. The Labute approximate surface area is 108 Å². The van der Waals surface area contributed by atoms with Gasteiger partial charge in [0.2, 0.25) is 5.88 Å². The standard InChI is InChI=1S/C9H7F3INO3/c1-4-5(8(15)16-2)3-6(13)14-7(4)17-9(10,11)12/h3H,1-2H3. The number of methoxy groups -OCH3 is 1. The van der Waals surface area contributed by atoms with Crippen molar-refractivity contribution >= 4 is 28.6 Å². The number of halogens is 4. The predicted molar refractivity (Wildman–Crippen MR) is 59.7 cm³/mol. The molecule has 1 heterocycles. The Kier molecular flexibility index (Phi) is 4.17. The lowest BCUT2D eigenvalue weighted by atomic mass is 10.1. The Balaban J connectivity index is 3.24. The fourth-order valence-electron chi connectivity index (χ4n) is 1.09. The van der Waals surface area contributed by atoms with Crippen LogP contribution >= 0.6 is 22.6 Å². The van der Waals surface area contributed by atoms with Crippen LogP contribution in [0.25, 0.3) is 0 Å². The highest BCUT2D eigenvalue weighted by atomic mass is 127. The first-order valence-electron chi connectivity index (χ1n) is 4.26. The first-order valence-corrected chi connectivity index (χ1v) is 5.33. The van der Waals surface area contributed by atoms with E-state index in [1.54, 1.807) is 22.6 Å². The van der Waals surface area contributed by atoms with Crippen LogP contribution in [0.1, 0.15) is 15.9 Å². The molecule has 0 N–H and O–H groups in total. The summed E-state index contributed by atoms with van der Waals surface area (Å²) >= 11 is 1.68. The number of hydrogen-bond acceptors (Lipinski definition) is 4. The number of aromatic nitrogens is 1. The summed E-state index contributed by atoms with van der Waals surface area (Å²) in [6, 6.07) is 1.32. The predicted octanol–water partition coefficient (Wildman–Crippen LogP) is 2.68.